The Kier molecular flexibility index (Phi) is 3.70. The zero-order chi connectivity index (χ0) is 13.9. The highest BCUT2D eigenvalue weighted by molar-refractivity contribution is 5.83. The van der Waals surface area contributed by atoms with E-state index >= 15 is 0 Å². The molecule has 1 aliphatic carbocycles. The molecule has 100 valence electrons. The van der Waals surface area contributed by atoms with E-state index in [1.165, 1.54) is 12.1 Å². The van der Waals surface area contributed by atoms with Crippen LogP contribution in [0.4, 0.5) is 10.1 Å². The Morgan fingerprint density at radius 1 is 1.37 bits per heavy atom. The van der Waals surface area contributed by atoms with Crippen molar-refractivity contribution >= 4 is 11.7 Å². The molecule has 1 saturated carbocycles. The molecule has 0 spiro atoms. The summed E-state index contributed by atoms with van der Waals surface area (Å²) in [4.78, 5) is 11.5. The summed E-state index contributed by atoms with van der Waals surface area (Å²) in [5, 5.41) is 21.3. The first-order valence-electron chi connectivity index (χ1n) is 6.29. The predicted molar refractivity (Wildman–Crippen MR) is 68.2 cm³/mol. The zero-order valence-corrected chi connectivity index (χ0v) is 10.4. The van der Waals surface area contributed by atoms with Crippen molar-refractivity contribution in [1.82, 2.24) is 0 Å². The number of carbonyl (C=O) groups is 1. The van der Waals surface area contributed by atoms with Crippen molar-refractivity contribution in [2.75, 3.05) is 5.32 Å². The standard InChI is InChI=1S/C14H15FN2O2/c15-11-5-4-6-12(10(11)9-16)17-14(13(18)19)7-2-1-3-8-14/h4-6,17H,1-3,7-8H2,(H,18,19). The van der Waals surface area contributed by atoms with Gasteiger partial charge < -0.3 is 10.4 Å². The summed E-state index contributed by atoms with van der Waals surface area (Å²) >= 11 is 0. The van der Waals surface area contributed by atoms with Crippen molar-refractivity contribution in [3.05, 3.63) is 29.6 Å². The molecule has 0 saturated heterocycles. The molecular weight excluding hydrogens is 247 g/mol. The smallest absolute Gasteiger partial charge is 0.329 e. The van der Waals surface area contributed by atoms with Crippen LogP contribution in [0.2, 0.25) is 0 Å². The van der Waals surface area contributed by atoms with Crippen molar-refractivity contribution in [3.8, 4) is 6.07 Å². The summed E-state index contributed by atoms with van der Waals surface area (Å²) in [6.45, 7) is 0. The zero-order valence-electron chi connectivity index (χ0n) is 10.4. The van der Waals surface area contributed by atoms with E-state index in [1.807, 2.05) is 0 Å². The van der Waals surface area contributed by atoms with Crippen molar-refractivity contribution in [3.63, 3.8) is 0 Å². The van der Waals surface area contributed by atoms with Gasteiger partial charge >= 0.3 is 5.97 Å². The first-order valence-corrected chi connectivity index (χ1v) is 6.29. The van der Waals surface area contributed by atoms with Crippen molar-refractivity contribution < 1.29 is 14.3 Å². The summed E-state index contributed by atoms with van der Waals surface area (Å²) < 4.78 is 13.5. The normalized spacial score (nSPS) is 17.5. The van der Waals surface area contributed by atoms with E-state index in [4.69, 9.17) is 5.26 Å². The molecule has 2 N–H and O–H groups in total. The van der Waals surface area contributed by atoms with E-state index in [-0.39, 0.29) is 11.3 Å². The maximum absolute atomic E-state index is 13.5. The molecule has 0 heterocycles. The molecule has 0 aliphatic heterocycles. The molecule has 19 heavy (non-hydrogen) atoms. The summed E-state index contributed by atoms with van der Waals surface area (Å²) in [6, 6.07) is 5.98. The fourth-order valence-corrected chi connectivity index (χ4v) is 2.55. The molecule has 0 aromatic heterocycles. The average molecular weight is 262 g/mol. The van der Waals surface area contributed by atoms with Gasteiger partial charge in [-0.2, -0.15) is 5.26 Å². The van der Waals surface area contributed by atoms with E-state index in [2.05, 4.69) is 5.32 Å². The topological polar surface area (TPSA) is 73.1 Å². The molecule has 0 radical (unpaired) electrons. The Balaban J connectivity index is 2.35. The van der Waals surface area contributed by atoms with Crippen molar-refractivity contribution in [2.24, 2.45) is 0 Å². The molecule has 5 heteroatoms. The van der Waals surface area contributed by atoms with Crippen LogP contribution in [0.5, 0.6) is 0 Å². The Hall–Kier alpha value is -2.09. The third kappa shape index (κ3) is 2.53. The number of nitriles is 1. The lowest BCUT2D eigenvalue weighted by Gasteiger charge is -2.35. The Morgan fingerprint density at radius 3 is 2.63 bits per heavy atom. The minimum atomic E-state index is -1.09. The number of carboxylic acid groups (broad SMARTS) is 1. The number of carboxylic acids is 1. The molecule has 1 aromatic carbocycles. The second kappa shape index (κ2) is 5.27. The molecule has 1 fully saturated rings. The van der Waals surface area contributed by atoms with E-state index in [1.54, 1.807) is 12.1 Å². The number of halogens is 1. The fraction of sp³-hybridized carbons (Fsp3) is 0.429. The highest BCUT2D eigenvalue weighted by Gasteiger charge is 2.40. The SMILES string of the molecule is N#Cc1c(F)cccc1NC1(C(=O)O)CCCCC1. The molecule has 4 nitrogen and oxygen atoms in total. The van der Waals surface area contributed by atoms with E-state index < -0.39 is 17.3 Å². The predicted octanol–water partition coefficient (Wildman–Crippen LogP) is 2.90. The number of benzene rings is 1. The molecular formula is C14H15FN2O2. The van der Waals surface area contributed by atoms with Gasteiger partial charge in [-0.1, -0.05) is 25.3 Å². The van der Waals surface area contributed by atoms with Crippen molar-refractivity contribution in [1.29, 1.82) is 5.26 Å². The molecule has 1 aliphatic rings. The summed E-state index contributed by atoms with van der Waals surface area (Å²) in [5.74, 6) is -1.58. The van der Waals surface area contributed by atoms with Crippen LogP contribution in [0.1, 0.15) is 37.7 Å². The number of hydrogen-bond acceptors (Lipinski definition) is 3. The minimum absolute atomic E-state index is 0.131. The first-order chi connectivity index (χ1) is 9.09. The highest BCUT2D eigenvalue weighted by Crippen LogP contribution is 2.33. The molecule has 0 amide bonds. The second-order valence-electron chi connectivity index (χ2n) is 4.85. The van der Waals surface area contributed by atoms with Crippen LogP contribution in [-0.4, -0.2) is 16.6 Å². The quantitative estimate of drug-likeness (QED) is 0.878. The van der Waals surface area contributed by atoms with Crippen molar-refractivity contribution in [2.45, 2.75) is 37.6 Å². The molecule has 0 unspecified atom stereocenters. The third-order valence-corrected chi connectivity index (χ3v) is 3.62. The van der Waals surface area contributed by atoms with Gasteiger partial charge in [-0.15, -0.1) is 0 Å². The third-order valence-electron chi connectivity index (χ3n) is 3.62. The van der Waals surface area contributed by atoms with Crippen LogP contribution in [0.3, 0.4) is 0 Å². The number of anilines is 1. The van der Waals surface area contributed by atoms with E-state index in [0.29, 0.717) is 12.8 Å². The van der Waals surface area contributed by atoms with Gasteiger partial charge in [0, 0.05) is 0 Å². The number of nitrogens with zero attached hydrogens (tertiary/aromatic N) is 1. The minimum Gasteiger partial charge on any atom is -0.480 e. The summed E-state index contributed by atoms with van der Waals surface area (Å²) in [6.07, 6.45) is 3.62. The number of aliphatic carboxylic acids is 1. The van der Waals surface area contributed by atoms with Gasteiger partial charge in [0.25, 0.3) is 0 Å². The number of rotatable bonds is 3. The maximum Gasteiger partial charge on any atom is 0.329 e. The number of hydrogen-bond donors (Lipinski definition) is 2. The van der Waals surface area contributed by atoms with Gasteiger partial charge in [-0.05, 0) is 25.0 Å². The van der Waals surface area contributed by atoms with Gasteiger partial charge in [0.15, 0.2) is 0 Å². The van der Waals surface area contributed by atoms with Gasteiger partial charge in [0.05, 0.1) is 5.69 Å². The lowest BCUT2D eigenvalue weighted by atomic mass is 9.81. The number of nitrogens with one attached hydrogen (secondary N) is 1. The van der Waals surface area contributed by atoms with Crippen LogP contribution in [0.15, 0.2) is 18.2 Å². The average Bonchev–Trinajstić information content (AvgIpc) is 2.40. The van der Waals surface area contributed by atoms with Gasteiger partial charge in [0.2, 0.25) is 0 Å². The largest absolute Gasteiger partial charge is 0.480 e. The summed E-state index contributed by atoms with van der Waals surface area (Å²) in [5.41, 5.74) is -0.960. The van der Waals surface area contributed by atoms with Gasteiger partial charge in [-0.3, -0.25) is 0 Å². The Morgan fingerprint density at radius 2 is 2.05 bits per heavy atom. The molecule has 0 atom stereocenters. The lowest BCUT2D eigenvalue weighted by molar-refractivity contribution is -0.143. The molecule has 1 aromatic rings. The molecule has 0 bridgehead atoms. The van der Waals surface area contributed by atoms with Crippen LogP contribution in [-0.2, 0) is 4.79 Å². The second-order valence-corrected chi connectivity index (χ2v) is 4.85. The lowest BCUT2D eigenvalue weighted by Crippen LogP contribution is -2.48. The van der Waals surface area contributed by atoms with Gasteiger partial charge in [-0.25, -0.2) is 9.18 Å². The van der Waals surface area contributed by atoms with Crippen LogP contribution in [0, 0.1) is 17.1 Å². The highest BCUT2D eigenvalue weighted by atomic mass is 19.1. The van der Waals surface area contributed by atoms with Crippen LogP contribution < -0.4 is 5.32 Å². The fourth-order valence-electron chi connectivity index (χ4n) is 2.55. The first kappa shape index (κ1) is 13.3. The monoisotopic (exact) mass is 262 g/mol. The van der Waals surface area contributed by atoms with Gasteiger partial charge in [0.1, 0.15) is 23.0 Å². The summed E-state index contributed by atoms with van der Waals surface area (Å²) in [7, 11) is 0. The van der Waals surface area contributed by atoms with E-state index in [9.17, 15) is 14.3 Å². The van der Waals surface area contributed by atoms with Crippen LogP contribution in [0.25, 0.3) is 0 Å². The Bertz CT molecular complexity index is 531. The van der Waals surface area contributed by atoms with Crippen LogP contribution >= 0.6 is 0 Å². The Labute approximate surface area is 110 Å². The molecule has 2 rings (SSSR count). The maximum atomic E-state index is 13.5. The van der Waals surface area contributed by atoms with E-state index in [0.717, 1.165) is 19.3 Å².